The molecule has 0 aromatic heterocycles. The Morgan fingerprint density at radius 1 is 0.619 bits per heavy atom. The van der Waals surface area contributed by atoms with Crippen LogP contribution in [0.2, 0.25) is 0 Å². The second kappa shape index (κ2) is 16.3. The second-order valence-electron chi connectivity index (χ2n) is 6.65. The molecule has 0 rings (SSSR count). The van der Waals surface area contributed by atoms with Crippen LogP contribution < -0.4 is 0 Å². The predicted octanol–water partition coefficient (Wildman–Crippen LogP) is 3.83. The Bertz CT molecular complexity index is 192. The van der Waals surface area contributed by atoms with Crippen molar-refractivity contribution in [2.75, 3.05) is 32.8 Å². The summed E-state index contributed by atoms with van der Waals surface area (Å²) in [5.41, 5.74) is 0. The quantitative estimate of drug-likeness (QED) is 0.426. The zero-order valence-corrected chi connectivity index (χ0v) is 14.5. The van der Waals surface area contributed by atoms with Crippen LogP contribution in [-0.4, -0.2) is 48.0 Å². The number of unbranched alkanes of at least 4 members (excludes halogenated alkanes) is 8. The van der Waals surface area contributed by atoms with Crippen molar-refractivity contribution in [3.8, 4) is 0 Å². The van der Waals surface area contributed by atoms with E-state index in [1.807, 2.05) is 0 Å². The highest BCUT2D eigenvalue weighted by molar-refractivity contribution is 4.57. The van der Waals surface area contributed by atoms with E-state index in [9.17, 15) is 0 Å². The van der Waals surface area contributed by atoms with Gasteiger partial charge in [-0.1, -0.05) is 71.6 Å². The number of hydrogen-bond acceptors (Lipinski definition) is 3. The molecule has 2 N–H and O–H groups in total. The van der Waals surface area contributed by atoms with Crippen molar-refractivity contribution in [1.82, 2.24) is 4.90 Å². The summed E-state index contributed by atoms with van der Waals surface area (Å²) in [6, 6.07) is 0. The highest BCUT2D eigenvalue weighted by Crippen LogP contribution is 2.13. The zero-order chi connectivity index (χ0) is 15.8. The summed E-state index contributed by atoms with van der Waals surface area (Å²) in [6.07, 6.45) is 13.6. The van der Waals surface area contributed by atoms with E-state index >= 15 is 0 Å². The van der Waals surface area contributed by atoms with E-state index in [0.717, 1.165) is 12.5 Å². The first kappa shape index (κ1) is 20.9. The summed E-state index contributed by atoms with van der Waals surface area (Å²) in [4.78, 5) is 2.15. The van der Waals surface area contributed by atoms with Gasteiger partial charge in [-0.15, -0.1) is 0 Å². The molecule has 0 aliphatic heterocycles. The molecule has 0 aromatic rings. The molecule has 0 heterocycles. The molecule has 3 nitrogen and oxygen atoms in total. The maximum Gasteiger partial charge on any atom is 0.0558 e. The summed E-state index contributed by atoms with van der Waals surface area (Å²) in [7, 11) is 0. The molecule has 0 fully saturated rings. The fraction of sp³-hybridized carbons (Fsp3) is 1.00. The SMILES string of the molecule is CC(C)CCCCCCCCCCCN(CCO)CCO. The number of hydrogen-bond donors (Lipinski definition) is 2. The number of rotatable bonds is 16. The zero-order valence-electron chi connectivity index (χ0n) is 14.5. The lowest BCUT2D eigenvalue weighted by atomic mass is 10.0. The van der Waals surface area contributed by atoms with Crippen LogP contribution in [0.4, 0.5) is 0 Å². The molecule has 0 aliphatic rings. The fourth-order valence-corrected chi connectivity index (χ4v) is 2.74. The molecule has 128 valence electrons. The lowest BCUT2D eigenvalue weighted by Gasteiger charge is -2.19. The Morgan fingerprint density at radius 2 is 1.05 bits per heavy atom. The topological polar surface area (TPSA) is 43.7 Å². The Morgan fingerprint density at radius 3 is 1.48 bits per heavy atom. The molecule has 0 aliphatic carbocycles. The van der Waals surface area contributed by atoms with Crippen LogP contribution in [0.3, 0.4) is 0 Å². The summed E-state index contributed by atoms with van der Waals surface area (Å²) in [6.45, 7) is 7.39. The van der Waals surface area contributed by atoms with Crippen molar-refractivity contribution < 1.29 is 10.2 Å². The Labute approximate surface area is 132 Å². The predicted molar refractivity (Wildman–Crippen MR) is 91.6 cm³/mol. The lowest BCUT2D eigenvalue weighted by Crippen LogP contribution is -2.30. The van der Waals surface area contributed by atoms with Crippen LogP contribution in [0.15, 0.2) is 0 Å². The first-order chi connectivity index (χ1) is 10.2. The summed E-state index contributed by atoms with van der Waals surface area (Å²) < 4.78 is 0. The third kappa shape index (κ3) is 16.1. The van der Waals surface area contributed by atoms with Gasteiger partial charge in [0, 0.05) is 13.1 Å². The molecule has 0 spiro atoms. The number of aliphatic hydroxyl groups is 2. The molecular formula is C18H39NO2. The minimum atomic E-state index is 0.191. The van der Waals surface area contributed by atoms with Crippen molar-refractivity contribution in [2.24, 2.45) is 5.92 Å². The van der Waals surface area contributed by atoms with Crippen molar-refractivity contribution in [3.05, 3.63) is 0 Å². The van der Waals surface area contributed by atoms with E-state index in [-0.39, 0.29) is 13.2 Å². The van der Waals surface area contributed by atoms with Crippen molar-refractivity contribution in [1.29, 1.82) is 0 Å². The maximum absolute atomic E-state index is 8.93. The van der Waals surface area contributed by atoms with E-state index < -0.39 is 0 Å². The minimum absolute atomic E-state index is 0.191. The van der Waals surface area contributed by atoms with E-state index in [0.29, 0.717) is 13.1 Å². The molecule has 0 atom stereocenters. The molecule has 0 unspecified atom stereocenters. The molecule has 21 heavy (non-hydrogen) atoms. The normalized spacial score (nSPS) is 11.7. The Balaban J connectivity index is 3.20. The highest BCUT2D eigenvalue weighted by atomic mass is 16.3. The highest BCUT2D eigenvalue weighted by Gasteiger charge is 2.02. The van der Waals surface area contributed by atoms with Gasteiger partial charge >= 0.3 is 0 Å². The van der Waals surface area contributed by atoms with Crippen LogP contribution in [-0.2, 0) is 0 Å². The summed E-state index contributed by atoms with van der Waals surface area (Å²) in [5.74, 6) is 0.862. The average Bonchev–Trinajstić information content (AvgIpc) is 2.44. The maximum atomic E-state index is 8.93. The second-order valence-corrected chi connectivity index (χ2v) is 6.65. The van der Waals surface area contributed by atoms with Crippen LogP contribution in [0.25, 0.3) is 0 Å². The van der Waals surface area contributed by atoms with Gasteiger partial charge < -0.3 is 10.2 Å². The van der Waals surface area contributed by atoms with Crippen molar-refractivity contribution in [2.45, 2.75) is 78.1 Å². The largest absolute Gasteiger partial charge is 0.395 e. The van der Waals surface area contributed by atoms with E-state index in [1.54, 1.807) is 0 Å². The first-order valence-electron chi connectivity index (χ1n) is 9.14. The van der Waals surface area contributed by atoms with Crippen LogP contribution in [0.5, 0.6) is 0 Å². The van der Waals surface area contributed by atoms with Gasteiger partial charge in [0.05, 0.1) is 13.2 Å². The van der Waals surface area contributed by atoms with E-state index in [4.69, 9.17) is 10.2 Å². The van der Waals surface area contributed by atoms with E-state index in [2.05, 4.69) is 18.7 Å². The third-order valence-electron chi connectivity index (χ3n) is 4.09. The van der Waals surface area contributed by atoms with Gasteiger partial charge in [-0.25, -0.2) is 0 Å². The van der Waals surface area contributed by atoms with Gasteiger partial charge in [0.25, 0.3) is 0 Å². The van der Waals surface area contributed by atoms with Crippen LogP contribution in [0.1, 0.15) is 78.1 Å². The molecule has 0 radical (unpaired) electrons. The third-order valence-corrected chi connectivity index (χ3v) is 4.09. The molecule has 0 saturated carbocycles. The van der Waals surface area contributed by atoms with Crippen molar-refractivity contribution >= 4 is 0 Å². The van der Waals surface area contributed by atoms with Gasteiger partial charge in [0.2, 0.25) is 0 Å². The molecule has 3 heteroatoms. The Hall–Kier alpha value is -0.120. The van der Waals surface area contributed by atoms with Crippen LogP contribution in [0, 0.1) is 5.92 Å². The average molecular weight is 302 g/mol. The fourth-order valence-electron chi connectivity index (χ4n) is 2.74. The van der Waals surface area contributed by atoms with Gasteiger partial charge in [-0.05, 0) is 18.9 Å². The molecule has 0 bridgehead atoms. The van der Waals surface area contributed by atoms with Crippen LogP contribution >= 0.6 is 0 Å². The first-order valence-corrected chi connectivity index (χ1v) is 9.14. The molecular weight excluding hydrogens is 262 g/mol. The smallest absolute Gasteiger partial charge is 0.0558 e. The number of aliphatic hydroxyl groups excluding tert-OH is 2. The lowest BCUT2D eigenvalue weighted by molar-refractivity contribution is 0.159. The minimum Gasteiger partial charge on any atom is -0.395 e. The monoisotopic (exact) mass is 301 g/mol. The van der Waals surface area contributed by atoms with Gasteiger partial charge in [-0.3, -0.25) is 4.90 Å². The molecule has 0 amide bonds. The molecule has 0 aromatic carbocycles. The van der Waals surface area contributed by atoms with Gasteiger partial charge in [0.15, 0.2) is 0 Å². The summed E-state index contributed by atoms with van der Waals surface area (Å²) in [5, 5.41) is 17.9. The standard InChI is InChI=1S/C18H39NO2/c1-18(2)12-10-8-6-4-3-5-7-9-11-13-19(14-16-20)15-17-21/h18,20-21H,3-17H2,1-2H3. The summed E-state index contributed by atoms with van der Waals surface area (Å²) >= 11 is 0. The van der Waals surface area contributed by atoms with Crippen molar-refractivity contribution in [3.63, 3.8) is 0 Å². The van der Waals surface area contributed by atoms with E-state index in [1.165, 1.54) is 64.2 Å². The van der Waals surface area contributed by atoms with Gasteiger partial charge in [0.1, 0.15) is 0 Å². The molecule has 0 saturated heterocycles. The Kier molecular flexibility index (Phi) is 16.2. The van der Waals surface area contributed by atoms with Gasteiger partial charge in [-0.2, -0.15) is 0 Å². The number of nitrogens with zero attached hydrogens (tertiary/aromatic N) is 1.